The summed E-state index contributed by atoms with van der Waals surface area (Å²) in [6.45, 7) is 6.39. The quantitative estimate of drug-likeness (QED) is 0.105. The van der Waals surface area contributed by atoms with Crippen molar-refractivity contribution in [3.05, 3.63) is 70.3 Å². The number of nitro groups is 1. The Balaban J connectivity index is 0.00000247. The number of ether oxygens (including phenoxy) is 2. The van der Waals surface area contributed by atoms with E-state index < -0.39 is 23.2 Å². The van der Waals surface area contributed by atoms with Gasteiger partial charge in [-0.25, -0.2) is 9.10 Å². The fourth-order valence-corrected chi connectivity index (χ4v) is 5.22. The van der Waals surface area contributed by atoms with Crippen LogP contribution in [0.3, 0.4) is 0 Å². The number of benzene rings is 2. The average molecular weight is 568 g/mol. The molecule has 1 amide bonds. The SMILES string of the molecule is CC(C)CN(CC(OS)[C@H](Cc1ccccc1)NC(=O)OC1CCOC1)Sc1ccc([N+](=O)[O-])cc1.CO. The Kier molecular flexibility index (Phi) is 14.5. The molecule has 1 heterocycles. The minimum Gasteiger partial charge on any atom is -0.444 e. The van der Waals surface area contributed by atoms with Crippen molar-refractivity contribution in [1.82, 2.24) is 9.62 Å². The summed E-state index contributed by atoms with van der Waals surface area (Å²) >= 11 is 5.65. The standard InChI is InChI=1S/C25H33N3O6S2.CH4O/c1-18(2)15-27(36-22-10-8-20(9-11-22)28(30)31)16-24(34-35)23(14-19-6-4-3-5-7-19)26-25(29)33-21-12-13-32-17-21;1-2/h3-11,18,21,23-24,35H,12-17H2,1-2H3,(H,26,29);2H,1H3/t21?,23-,24?;/m0./s1. The number of hydrogen-bond donors (Lipinski definition) is 3. The predicted octanol–water partition coefficient (Wildman–Crippen LogP) is 4.52. The van der Waals surface area contributed by atoms with Crippen molar-refractivity contribution >= 4 is 36.6 Å². The van der Waals surface area contributed by atoms with Crippen LogP contribution in [0.4, 0.5) is 10.5 Å². The first kappa shape index (κ1) is 31.9. The molecule has 0 aromatic heterocycles. The van der Waals surface area contributed by atoms with Crippen molar-refractivity contribution in [2.24, 2.45) is 5.92 Å². The molecule has 0 spiro atoms. The maximum Gasteiger partial charge on any atom is 0.407 e. The average Bonchev–Trinajstić information content (AvgIpc) is 3.41. The van der Waals surface area contributed by atoms with Crippen LogP contribution in [0.2, 0.25) is 0 Å². The fraction of sp³-hybridized carbons (Fsp3) is 0.500. The minimum atomic E-state index is -0.514. The number of carbonyl (C=O) groups is 1. The van der Waals surface area contributed by atoms with E-state index >= 15 is 0 Å². The molecule has 2 unspecified atom stereocenters. The summed E-state index contributed by atoms with van der Waals surface area (Å²) in [6.07, 6.45) is -0.0319. The van der Waals surface area contributed by atoms with E-state index in [1.54, 1.807) is 12.1 Å². The van der Waals surface area contributed by atoms with Gasteiger partial charge in [-0.05, 0) is 54.9 Å². The maximum absolute atomic E-state index is 12.7. The molecule has 3 atom stereocenters. The second-order valence-electron chi connectivity index (χ2n) is 9.06. The number of rotatable bonds is 13. The van der Waals surface area contributed by atoms with Crippen LogP contribution in [-0.2, 0) is 20.1 Å². The Morgan fingerprint density at radius 2 is 1.89 bits per heavy atom. The zero-order valence-corrected chi connectivity index (χ0v) is 23.6. The lowest BCUT2D eigenvalue weighted by Crippen LogP contribution is -2.50. The van der Waals surface area contributed by atoms with Crippen LogP contribution < -0.4 is 5.32 Å². The van der Waals surface area contributed by atoms with Gasteiger partial charge in [0.2, 0.25) is 0 Å². The van der Waals surface area contributed by atoms with Gasteiger partial charge in [-0.15, -0.1) is 0 Å². The van der Waals surface area contributed by atoms with Crippen LogP contribution in [0.1, 0.15) is 25.8 Å². The van der Waals surface area contributed by atoms with Crippen molar-refractivity contribution in [3.63, 3.8) is 0 Å². The van der Waals surface area contributed by atoms with E-state index in [1.165, 1.54) is 24.1 Å². The van der Waals surface area contributed by atoms with Crippen LogP contribution in [0.25, 0.3) is 0 Å². The molecule has 0 radical (unpaired) electrons. The lowest BCUT2D eigenvalue weighted by atomic mass is 10.0. The number of alkyl carbamates (subject to hydrolysis) is 1. The molecule has 38 heavy (non-hydrogen) atoms. The lowest BCUT2D eigenvalue weighted by Gasteiger charge is -2.32. The molecule has 0 aliphatic carbocycles. The molecule has 0 saturated carbocycles. The highest BCUT2D eigenvalue weighted by atomic mass is 32.2. The third kappa shape index (κ3) is 11.2. The molecule has 3 rings (SSSR count). The normalized spacial score (nSPS) is 16.4. The fourth-order valence-electron chi connectivity index (χ4n) is 3.85. The number of thiol groups is 1. The van der Waals surface area contributed by atoms with Crippen molar-refractivity contribution in [1.29, 1.82) is 0 Å². The number of aliphatic hydroxyl groups is 1. The van der Waals surface area contributed by atoms with E-state index in [4.69, 9.17) is 18.8 Å². The summed E-state index contributed by atoms with van der Waals surface area (Å²) < 4.78 is 18.6. The maximum atomic E-state index is 12.7. The van der Waals surface area contributed by atoms with Crippen molar-refractivity contribution in [2.75, 3.05) is 33.4 Å². The number of nitro benzene ring substituents is 1. The van der Waals surface area contributed by atoms with E-state index in [1.807, 2.05) is 30.3 Å². The molecule has 2 aromatic rings. The Hall–Kier alpha value is -2.35. The number of carbonyl (C=O) groups excluding carboxylic acids is 1. The molecule has 2 N–H and O–H groups in total. The van der Waals surface area contributed by atoms with Crippen LogP contribution in [-0.4, -0.2) is 72.1 Å². The largest absolute Gasteiger partial charge is 0.444 e. The topological polar surface area (TPSA) is 123 Å². The number of nitrogens with one attached hydrogen (secondary N) is 1. The monoisotopic (exact) mass is 567 g/mol. The van der Waals surface area contributed by atoms with Gasteiger partial charge in [0.25, 0.3) is 5.69 Å². The zero-order chi connectivity index (χ0) is 27.9. The van der Waals surface area contributed by atoms with Crippen molar-refractivity contribution < 1.29 is 28.5 Å². The molecular weight excluding hydrogens is 530 g/mol. The molecule has 1 saturated heterocycles. The highest BCUT2D eigenvalue weighted by molar-refractivity contribution is 7.97. The van der Waals surface area contributed by atoms with Crippen LogP contribution in [0.5, 0.6) is 0 Å². The second-order valence-corrected chi connectivity index (χ2v) is 10.4. The molecule has 12 heteroatoms. The molecule has 10 nitrogen and oxygen atoms in total. The Bertz CT molecular complexity index is 961. The molecule has 1 aliphatic rings. The van der Waals surface area contributed by atoms with Crippen LogP contribution in [0.15, 0.2) is 59.5 Å². The first-order valence-electron chi connectivity index (χ1n) is 12.3. The Labute approximate surface area is 233 Å². The summed E-state index contributed by atoms with van der Waals surface area (Å²) in [7, 11) is 1.00. The zero-order valence-electron chi connectivity index (χ0n) is 21.9. The predicted molar refractivity (Wildman–Crippen MR) is 150 cm³/mol. The van der Waals surface area contributed by atoms with Gasteiger partial charge in [0.1, 0.15) is 12.2 Å². The van der Waals surface area contributed by atoms with Gasteiger partial charge in [-0.1, -0.05) is 44.2 Å². The Morgan fingerprint density at radius 1 is 1.21 bits per heavy atom. The van der Waals surface area contributed by atoms with E-state index in [-0.39, 0.29) is 11.8 Å². The van der Waals surface area contributed by atoms with Crippen LogP contribution in [0, 0.1) is 16.0 Å². The lowest BCUT2D eigenvalue weighted by molar-refractivity contribution is -0.384. The number of amides is 1. The molecular formula is C26H37N3O7S2. The van der Waals surface area contributed by atoms with Crippen molar-refractivity contribution in [3.8, 4) is 0 Å². The summed E-state index contributed by atoms with van der Waals surface area (Å²) in [6, 6.07) is 15.9. The molecule has 210 valence electrons. The van der Waals surface area contributed by atoms with Crippen molar-refractivity contribution in [2.45, 2.75) is 49.8 Å². The highest BCUT2D eigenvalue weighted by Crippen LogP contribution is 2.27. The second kappa shape index (κ2) is 17.3. The third-order valence-electron chi connectivity index (χ3n) is 5.58. The number of hydrogen-bond acceptors (Lipinski definition) is 10. The summed E-state index contributed by atoms with van der Waals surface area (Å²) in [5.41, 5.74) is 1.09. The van der Waals surface area contributed by atoms with Gasteiger partial charge in [-0.3, -0.25) is 10.1 Å². The smallest absolute Gasteiger partial charge is 0.407 e. The first-order chi connectivity index (χ1) is 18.3. The van der Waals surface area contributed by atoms with Gasteiger partial charge >= 0.3 is 6.09 Å². The molecule has 0 bridgehead atoms. The van der Waals surface area contributed by atoms with Gasteiger partial charge in [0, 0.05) is 43.6 Å². The summed E-state index contributed by atoms with van der Waals surface area (Å²) in [5, 5.41) is 21.0. The number of nitrogens with zero attached hydrogens (tertiary/aromatic N) is 2. The van der Waals surface area contributed by atoms with E-state index in [0.717, 1.165) is 24.1 Å². The third-order valence-corrected chi connectivity index (χ3v) is 6.89. The van der Waals surface area contributed by atoms with Gasteiger partial charge in [0.15, 0.2) is 0 Å². The summed E-state index contributed by atoms with van der Waals surface area (Å²) in [5.74, 6) is 0.351. The first-order valence-corrected chi connectivity index (χ1v) is 13.5. The van der Waals surface area contributed by atoms with Gasteiger partial charge < -0.3 is 24.1 Å². The molecule has 1 aliphatic heterocycles. The van der Waals surface area contributed by atoms with E-state index in [9.17, 15) is 14.9 Å². The minimum absolute atomic E-state index is 0.0460. The van der Waals surface area contributed by atoms with Crippen LogP contribution >= 0.6 is 24.9 Å². The Morgan fingerprint density at radius 3 is 2.45 bits per heavy atom. The number of aliphatic hydroxyl groups excluding tert-OH is 1. The van der Waals surface area contributed by atoms with Gasteiger partial charge in [0.05, 0.1) is 24.2 Å². The van der Waals surface area contributed by atoms with E-state index in [0.29, 0.717) is 38.5 Å². The highest BCUT2D eigenvalue weighted by Gasteiger charge is 2.29. The summed E-state index contributed by atoms with van der Waals surface area (Å²) in [4.78, 5) is 24.2. The number of non-ortho nitro benzene ring substituents is 1. The molecule has 2 aromatic carbocycles. The van der Waals surface area contributed by atoms with Gasteiger partial charge in [-0.2, -0.15) is 0 Å². The van der Waals surface area contributed by atoms with E-state index in [2.05, 4.69) is 36.4 Å². The molecule has 1 fully saturated rings.